The summed E-state index contributed by atoms with van der Waals surface area (Å²) in [6, 6.07) is 1.90. The second kappa shape index (κ2) is 6.10. The second-order valence-corrected chi connectivity index (χ2v) is 5.16. The summed E-state index contributed by atoms with van der Waals surface area (Å²) < 4.78 is 7.22. The molecule has 5 nitrogen and oxygen atoms in total. The van der Waals surface area contributed by atoms with Gasteiger partial charge in [-0.2, -0.15) is 0 Å². The molecule has 1 aliphatic heterocycles. The Hall–Kier alpha value is -1.49. The van der Waals surface area contributed by atoms with Crippen LogP contribution >= 0.6 is 0 Å². The van der Waals surface area contributed by atoms with E-state index in [1.165, 1.54) is 0 Å². The Kier molecular flexibility index (Phi) is 4.47. The van der Waals surface area contributed by atoms with E-state index in [4.69, 9.17) is 10.5 Å². The molecule has 2 rings (SSSR count). The van der Waals surface area contributed by atoms with Gasteiger partial charge in [-0.05, 0) is 38.7 Å². The Morgan fingerprint density at radius 3 is 2.89 bits per heavy atom. The number of ether oxygens (including phenoxy) is 1. The van der Waals surface area contributed by atoms with Crippen LogP contribution < -0.4 is 11.1 Å². The van der Waals surface area contributed by atoms with Crippen LogP contribution in [0.5, 0.6) is 0 Å². The zero-order valence-electron chi connectivity index (χ0n) is 11.7. The molecule has 106 valence electrons. The van der Waals surface area contributed by atoms with Gasteiger partial charge in [-0.1, -0.05) is 0 Å². The Balaban J connectivity index is 1.99. The predicted octanol–water partition coefficient (Wildman–Crippen LogP) is 1.64. The first-order valence-corrected chi connectivity index (χ1v) is 6.96. The second-order valence-electron chi connectivity index (χ2n) is 5.16. The summed E-state index contributed by atoms with van der Waals surface area (Å²) in [5.74, 6) is 0.456. The fourth-order valence-corrected chi connectivity index (χ4v) is 2.60. The molecule has 0 saturated carbocycles. The zero-order valence-corrected chi connectivity index (χ0v) is 11.7. The van der Waals surface area contributed by atoms with Crippen LogP contribution in [0.3, 0.4) is 0 Å². The fourth-order valence-electron chi connectivity index (χ4n) is 2.60. The van der Waals surface area contributed by atoms with Crippen LogP contribution in [0, 0.1) is 5.92 Å². The summed E-state index contributed by atoms with van der Waals surface area (Å²) in [6.45, 7) is 6.40. The van der Waals surface area contributed by atoms with Crippen molar-refractivity contribution in [2.45, 2.75) is 39.3 Å². The molecule has 0 bridgehead atoms. The summed E-state index contributed by atoms with van der Waals surface area (Å²) in [6.07, 6.45) is 3.82. The number of aryl methyl sites for hydroxylation is 1. The minimum absolute atomic E-state index is 0.0439. The van der Waals surface area contributed by atoms with E-state index < -0.39 is 0 Å². The Bertz CT molecular complexity index is 436. The van der Waals surface area contributed by atoms with Crippen LogP contribution in [-0.2, 0) is 11.3 Å². The minimum atomic E-state index is -0.0439. The number of hydrogen-bond acceptors (Lipinski definition) is 3. The van der Waals surface area contributed by atoms with Gasteiger partial charge in [0, 0.05) is 32.0 Å². The first-order chi connectivity index (χ1) is 9.11. The molecule has 0 radical (unpaired) electrons. The molecule has 1 fully saturated rings. The summed E-state index contributed by atoms with van der Waals surface area (Å²) in [7, 11) is 0. The van der Waals surface area contributed by atoms with Crippen molar-refractivity contribution in [1.82, 2.24) is 9.88 Å². The third-order valence-electron chi connectivity index (χ3n) is 3.82. The monoisotopic (exact) mass is 265 g/mol. The molecule has 5 heteroatoms. The zero-order chi connectivity index (χ0) is 13.8. The third-order valence-corrected chi connectivity index (χ3v) is 3.82. The van der Waals surface area contributed by atoms with E-state index in [2.05, 4.69) is 12.2 Å². The van der Waals surface area contributed by atoms with Gasteiger partial charge in [-0.15, -0.1) is 0 Å². The largest absolute Gasteiger partial charge is 0.397 e. The van der Waals surface area contributed by atoms with Crippen molar-refractivity contribution in [2.75, 3.05) is 18.9 Å². The van der Waals surface area contributed by atoms with Crippen molar-refractivity contribution in [3.8, 4) is 0 Å². The Morgan fingerprint density at radius 1 is 1.58 bits per heavy atom. The van der Waals surface area contributed by atoms with Crippen LogP contribution in [0.15, 0.2) is 12.3 Å². The van der Waals surface area contributed by atoms with Crippen molar-refractivity contribution in [3.63, 3.8) is 0 Å². The van der Waals surface area contributed by atoms with Crippen LogP contribution in [0.1, 0.15) is 37.2 Å². The van der Waals surface area contributed by atoms with Crippen LogP contribution in [0.4, 0.5) is 5.69 Å². The van der Waals surface area contributed by atoms with E-state index in [0.29, 0.717) is 17.3 Å². The maximum absolute atomic E-state index is 12.3. The Morgan fingerprint density at radius 2 is 2.26 bits per heavy atom. The lowest BCUT2D eigenvalue weighted by molar-refractivity contribution is 0.0537. The molecule has 1 aromatic rings. The average Bonchev–Trinajstić information content (AvgIpc) is 2.81. The lowest BCUT2D eigenvalue weighted by Gasteiger charge is -2.28. The van der Waals surface area contributed by atoms with Crippen molar-refractivity contribution < 1.29 is 9.53 Å². The molecule has 1 saturated heterocycles. The standard InChI is InChI=1S/C14H23N3O2/c1-3-17-9-12(15)8-13(17)14(18)16-10(2)11-4-6-19-7-5-11/h8-11H,3-7,15H2,1-2H3,(H,16,18). The van der Waals surface area contributed by atoms with E-state index in [-0.39, 0.29) is 11.9 Å². The highest BCUT2D eigenvalue weighted by atomic mass is 16.5. The molecule has 1 amide bonds. The molecule has 0 aliphatic carbocycles. The van der Waals surface area contributed by atoms with Crippen molar-refractivity contribution >= 4 is 11.6 Å². The van der Waals surface area contributed by atoms with Crippen molar-refractivity contribution in [3.05, 3.63) is 18.0 Å². The summed E-state index contributed by atoms with van der Waals surface area (Å²) in [4.78, 5) is 12.3. The fraction of sp³-hybridized carbons (Fsp3) is 0.643. The molecule has 1 aliphatic rings. The summed E-state index contributed by atoms with van der Waals surface area (Å²) in [5, 5.41) is 3.08. The number of carbonyl (C=O) groups excluding carboxylic acids is 1. The molecule has 1 aromatic heterocycles. The van der Waals surface area contributed by atoms with Gasteiger partial charge >= 0.3 is 0 Å². The number of amides is 1. The van der Waals surface area contributed by atoms with Gasteiger partial charge in [0.1, 0.15) is 5.69 Å². The maximum Gasteiger partial charge on any atom is 0.268 e. The first kappa shape index (κ1) is 13.9. The number of nitrogens with two attached hydrogens (primary N) is 1. The summed E-state index contributed by atoms with van der Waals surface area (Å²) in [5.41, 5.74) is 7.02. The molecule has 0 spiro atoms. The summed E-state index contributed by atoms with van der Waals surface area (Å²) >= 11 is 0. The average molecular weight is 265 g/mol. The highest BCUT2D eigenvalue weighted by molar-refractivity contribution is 5.94. The van der Waals surface area contributed by atoms with Crippen LogP contribution in [0.2, 0.25) is 0 Å². The molecule has 1 atom stereocenters. The lowest BCUT2D eigenvalue weighted by Crippen LogP contribution is -2.40. The number of anilines is 1. The van der Waals surface area contributed by atoms with E-state index in [1.807, 2.05) is 11.5 Å². The number of rotatable bonds is 4. The van der Waals surface area contributed by atoms with Gasteiger partial charge in [0.15, 0.2) is 0 Å². The van der Waals surface area contributed by atoms with Gasteiger partial charge in [0.25, 0.3) is 5.91 Å². The molecule has 1 unspecified atom stereocenters. The molecule has 3 N–H and O–H groups in total. The highest BCUT2D eigenvalue weighted by Crippen LogP contribution is 2.19. The normalized spacial score (nSPS) is 18.2. The van der Waals surface area contributed by atoms with Gasteiger partial charge in [-0.3, -0.25) is 4.79 Å². The molecular weight excluding hydrogens is 242 g/mol. The molecule has 0 aromatic carbocycles. The minimum Gasteiger partial charge on any atom is -0.397 e. The van der Waals surface area contributed by atoms with Crippen LogP contribution in [-0.4, -0.2) is 29.7 Å². The SMILES string of the molecule is CCn1cc(N)cc1C(=O)NC(C)C1CCOCC1. The molecular formula is C14H23N3O2. The van der Waals surface area contributed by atoms with Gasteiger partial charge in [-0.25, -0.2) is 0 Å². The number of carbonyl (C=O) groups is 1. The topological polar surface area (TPSA) is 69.3 Å². The Labute approximate surface area is 114 Å². The van der Waals surface area contributed by atoms with E-state index in [9.17, 15) is 4.79 Å². The smallest absolute Gasteiger partial charge is 0.268 e. The van der Waals surface area contributed by atoms with E-state index >= 15 is 0 Å². The third kappa shape index (κ3) is 3.29. The van der Waals surface area contributed by atoms with Gasteiger partial charge in [0.2, 0.25) is 0 Å². The van der Waals surface area contributed by atoms with Gasteiger partial charge < -0.3 is 20.4 Å². The number of aromatic nitrogens is 1. The first-order valence-electron chi connectivity index (χ1n) is 6.96. The van der Waals surface area contributed by atoms with Crippen LogP contribution in [0.25, 0.3) is 0 Å². The predicted molar refractivity (Wildman–Crippen MR) is 75.0 cm³/mol. The quantitative estimate of drug-likeness (QED) is 0.869. The van der Waals surface area contributed by atoms with Gasteiger partial charge in [0.05, 0.1) is 5.69 Å². The number of nitrogens with zero attached hydrogens (tertiary/aromatic N) is 1. The number of hydrogen-bond donors (Lipinski definition) is 2. The maximum atomic E-state index is 12.3. The van der Waals surface area contributed by atoms with E-state index in [1.54, 1.807) is 12.3 Å². The van der Waals surface area contributed by atoms with Crippen molar-refractivity contribution in [1.29, 1.82) is 0 Å². The van der Waals surface area contributed by atoms with E-state index in [0.717, 1.165) is 32.6 Å². The lowest BCUT2D eigenvalue weighted by atomic mass is 9.93. The van der Waals surface area contributed by atoms with Crippen molar-refractivity contribution in [2.24, 2.45) is 5.92 Å². The highest BCUT2D eigenvalue weighted by Gasteiger charge is 2.23. The molecule has 19 heavy (non-hydrogen) atoms. The number of nitrogens with one attached hydrogen (secondary N) is 1. The number of nitrogen functional groups attached to an aromatic ring is 1. The molecule has 2 heterocycles.